The van der Waals surface area contributed by atoms with Crippen LogP contribution >= 0.6 is 0 Å². The van der Waals surface area contributed by atoms with Gasteiger partial charge in [-0.15, -0.1) is 0 Å². The van der Waals surface area contributed by atoms with Crippen LogP contribution < -0.4 is 30.7 Å². The van der Waals surface area contributed by atoms with Crippen LogP contribution in [0.4, 0.5) is 17.8 Å². The molecule has 0 spiro atoms. The van der Waals surface area contributed by atoms with Crippen LogP contribution in [0, 0.1) is 0 Å². The molecule has 3 aromatic rings. The molecule has 1 aliphatic heterocycles. The standard InChI is InChI=1S/C32H45N7O5/c1-2-3-4-5-6-10-15-34-30-37-31(39-32(38-30)36-23-25-13-14-27-28(22-25)44-24-43-27)35-17-19-42-21-20-41-18-16-33-29(40)26-11-8-7-9-12-26/h7-9,11-14,22H,2-6,10,15-21,23-24H2,1H3,(H,33,40)(H3,34,35,36,37,38,39). The highest BCUT2D eigenvalue weighted by Gasteiger charge is 2.14. The van der Waals surface area contributed by atoms with Crippen molar-refractivity contribution in [3.8, 4) is 11.5 Å². The molecule has 12 heteroatoms. The van der Waals surface area contributed by atoms with Gasteiger partial charge in [-0.25, -0.2) is 0 Å². The predicted octanol–water partition coefficient (Wildman–Crippen LogP) is 4.86. The van der Waals surface area contributed by atoms with E-state index in [0.29, 0.717) is 69.5 Å². The van der Waals surface area contributed by atoms with Crippen molar-refractivity contribution >= 4 is 23.8 Å². The molecule has 0 saturated carbocycles. The van der Waals surface area contributed by atoms with Crippen LogP contribution in [0.15, 0.2) is 48.5 Å². The van der Waals surface area contributed by atoms with Gasteiger partial charge in [-0.3, -0.25) is 4.79 Å². The number of nitrogens with zero attached hydrogens (tertiary/aromatic N) is 3. The van der Waals surface area contributed by atoms with Crippen LogP contribution in [0.3, 0.4) is 0 Å². The Morgan fingerprint density at radius 2 is 1.39 bits per heavy atom. The number of rotatable bonds is 22. The van der Waals surface area contributed by atoms with Crippen LogP contribution in [0.1, 0.15) is 61.4 Å². The minimum absolute atomic E-state index is 0.109. The third-order valence-electron chi connectivity index (χ3n) is 6.81. The van der Waals surface area contributed by atoms with Gasteiger partial charge in [0.1, 0.15) is 0 Å². The van der Waals surface area contributed by atoms with Crippen LogP contribution in [0.5, 0.6) is 11.5 Å². The zero-order valence-electron chi connectivity index (χ0n) is 25.6. The fourth-order valence-corrected chi connectivity index (χ4v) is 4.44. The van der Waals surface area contributed by atoms with E-state index in [1.807, 2.05) is 36.4 Å². The highest BCUT2D eigenvalue weighted by atomic mass is 16.7. The number of carbonyl (C=O) groups is 1. The minimum Gasteiger partial charge on any atom is -0.454 e. The van der Waals surface area contributed by atoms with Gasteiger partial charge in [0.2, 0.25) is 24.6 Å². The van der Waals surface area contributed by atoms with Gasteiger partial charge < -0.3 is 40.2 Å². The van der Waals surface area contributed by atoms with E-state index < -0.39 is 0 Å². The maximum absolute atomic E-state index is 12.0. The summed E-state index contributed by atoms with van der Waals surface area (Å²) in [6.45, 7) is 6.52. The second-order valence-electron chi connectivity index (χ2n) is 10.3. The number of amides is 1. The van der Waals surface area contributed by atoms with Gasteiger partial charge in [0, 0.05) is 31.7 Å². The van der Waals surface area contributed by atoms with Crippen molar-refractivity contribution in [2.24, 2.45) is 0 Å². The lowest BCUT2D eigenvalue weighted by molar-refractivity contribution is 0.0519. The number of carbonyl (C=O) groups excluding carboxylic acids is 1. The molecule has 0 unspecified atom stereocenters. The largest absolute Gasteiger partial charge is 0.454 e. The molecule has 1 aromatic heterocycles. The quantitative estimate of drug-likeness (QED) is 0.116. The zero-order valence-corrected chi connectivity index (χ0v) is 25.6. The monoisotopic (exact) mass is 607 g/mol. The second-order valence-corrected chi connectivity index (χ2v) is 10.3. The normalized spacial score (nSPS) is 11.8. The van der Waals surface area contributed by atoms with Gasteiger partial charge in [-0.05, 0) is 36.2 Å². The summed E-state index contributed by atoms with van der Waals surface area (Å²) in [7, 11) is 0. The molecule has 238 valence electrons. The molecule has 0 atom stereocenters. The molecule has 0 aliphatic carbocycles. The van der Waals surface area contributed by atoms with Gasteiger partial charge in [-0.1, -0.05) is 63.3 Å². The Kier molecular flexibility index (Phi) is 14.3. The molecular formula is C32H45N7O5. The molecule has 0 bridgehead atoms. The molecule has 4 rings (SSSR count). The molecule has 1 amide bonds. The molecule has 0 radical (unpaired) electrons. The predicted molar refractivity (Wildman–Crippen MR) is 170 cm³/mol. The first-order valence-corrected chi connectivity index (χ1v) is 15.6. The van der Waals surface area contributed by atoms with Crippen molar-refractivity contribution < 1.29 is 23.7 Å². The summed E-state index contributed by atoms with van der Waals surface area (Å²) < 4.78 is 22.1. The average molecular weight is 608 g/mol. The first-order valence-electron chi connectivity index (χ1n) is 15.6. The van der Waals surface area contributed by atoms with E-state index in [1.54, 1.807) is 12.1 Å². The summed E-state index contributed by atoms with van der Waals surface area (Å²) in [4.78, 5) is 25.7. The second kappa shape index (κ2) is 19.2. The van der Waals surface area contributed by atoms with E-state index in [9.17, 15) is 4.79 Å². The van der Waals surface area contributed by atoms with E-state index >= 15 is 0 Å². The minimum atomic E-state index is -0.109. The van der Waals surface area contributed by atoms with E-state index in [0.717, 1.165) is 30.0 Å². The van der Waals surface area contributed by atoms with Crippen molar-refractivity contribution in [1.29, 1.82) is 0 Å². The highest BCUT2D eigenvalue weighted by Crippen LogP contribution is 2.32. The molecular weight excluding hydrogens is 562 g/mol. The number of unbranched alkanes of at least 4 members (excludes halogenated alkanes) is 5. The van der Waals surface area contributed by atoms with Crippen molar-refractivity contribution in [2.75, 3.05) is 68.8 Å². The van der Waals surface area contributed by atoms with Crippen LogP contribution in [-0.4, -0.2) is 73.7 Å². The number of hydrogen-bond acceptors (Lipinski definition) is 11. The maximum atomic E-state index is 12.0. The molecule has 44 heavy (non-hydrogen) atoms. The summed E-state index contributed by atoms with van der Waals surface area (Å²) in [5.41, 5.74) is 1.66. The Hall–Kier alpha value is -4.16. The van der Waals surface area contributed by atoms with Gasteiger partial charge >= 0.3 is 0 Å². The molecule has 0 fully saturated rings. The Balaban J connectivity index is 1.16. The van der Waals surface area contributed by atoms with Crippen LogP contribution in [0.25, 0.3) is 0 Å². The van der Waals surface area contributed by atoms with Crippen LogP contribution in [-0.2, 0) is 16.0 Å². The van der Waals surface area contributed by atoms with E-state index in [-0.39, 0.29) is 12.7 Å². The van der Waals surface area contributed by atoms with Gasteiger partial charge in [0.25, 0.3) is 5.91 Å². The Bertz CT molecular complexity index is 1260. The first kappa shape index (κ1) is 32.7. The van der Waals surface area contributed by atoms with Crippen molar-refractivity contribution in [2.45, 2.75) is 52.0 Å². The van der Waals surface area contributed by atoms with Gasteiger partial charge in [0.15, 0.2) is 11.5 Å². The average Bonchev–Trinajstić information content (AvgIpc) is 3.53. The lowest BCUT2D eigenvalue weighted by Gasteiger charge is -2.12. The molecule has 1 aliphatic rings. The lowest BCUT2D eigenvalue weighted by Crippen LogP contribution is -2.27. The summed E-state index contributed by atoms with van der Waals surface area (Å²) in [6, 6.07) is 15.0. The highest BCUT2D eigenvalue weighted by molar-refractivity contribution is 5.94. The third kappa shape index (κ3) is 11.8. The maximum Gasteiger partial charge on any atom is 0.251 e. The summed E-state index contributed by atoms with van der Waals surface area (Å²) in [5.74, 6) is 2.85. The Morgan fingerprint density at radius 3 is 2.16 bits per heavy atom. The number of anilines is 3. The smallest absolute Gasteiger partial charge is 0.251 e. The SMILES string of the molecule is CCCCCCCCNc1nc(NCCOCCOCCNC(=O)c2ccccc2)nc(NCc2ccc3c(c2)OCO3)n1. The van der Waals surface area contributed by atoms with E-state index in [2.05, 4.69) is 43.1 Å². The molecule has 12 nitrogen and oxygen atoms in total. The fourth-order valence-electron chi connectivity index (χ4n) is 4.44. The molecule has 4 N–H and O–H groups in total. The van der Waals surface area contributed by atoms with Gasteiger partial charge in [-0.2, -0.15) is 15.0 Å². The zero-order chi connectivity index (χ0) is 30.7. The number of ether oxygens (including phenoxy) is 4. The topological polar surface area (TPSA) is 141 Å². The molecule has 0 saturated heterocycles. The summed E-state index contributed by atoms with van der Waals surface area (Å²) >= 11 is 0. The number of benzene rings is 2. The van der Waals surface area contributed by atoms with Crippen molar-refractivity contribution in [1.82, 2.24) is 20.3 Å². The molecule has 2 heterocycles. The summed E-state index contributed by atoms with van der Waals surface area (Å²) in [5, 5.41) is 12.7. The first-order chi connectivity index (χ1) is 21.7. The van der Waals surface area contributed by atoms with Crippen molar-refractivity contribution in [3.05, 3.63) is 59.7 Å². The number of aromatic nitrogens is 3. The number of hydrogen-bond donors (Lipinski definition) is 4. The third-order valence-corrected chi connectivity index (χ3v) is 6.81. The Morgan fingerprint density at radius 1 is 0.727 bits per heavy atom. The lowest BCUT2D eigenvalue weighted by atomic mass is 10.1. The van der Waals surface area contributed by atoms with Crippen LogP contribution in [0.2, 0.25) is 0 Å². The summed E-state index contributed by atoms with van der Waals surface area (Å²) in [6.07, 6.45) is 7.31. The van der Waals surface area contributed by atoms with Crippen molar-refractivity contribution in [3.63, 3.8) is 0 Å². The number of nitrogens with one attached hydrogen (secondary N) is 4. The van der Waals surface area contributed by atoms with E-state index in [4.69, 9.17) is 18.9 Å². The molecule has 2 aromatic carbocycles. The Labute approximate surface area is 259 Å². The van der Waals surface area contributed by atoms with Gasteiger partial charge in [0.05, 0.1) is 26.4 Å². The fraction of sp³-hybridized carbons (Fsp3) is 0.500. The van der Waals surface area contributed by atoms with E-state index in [1.165, 1.54) is 32.1 Å². The number of fused-ring (bicyclic) bond motifs is 1.